The van der Waals surface area contributed by atoms with Crippen molar-refractivity contribution < 1.29 is 29.3 Å². The van der Waals surface area contributed by atoms with E-state index in [9.17, 15) is 9.59 Å². The molecule has 0 aliphatic heterocycles. The average molecular weight is 350 g/mol. The van der Waals surface area contributed by atoms with Crippen LogP contribution in [-0.2, 0) is 0 Å². The maximum Gasteiger partial charge on any atom is 0.335 e. The molecule has 0 aromatic heterocycles. The molecule has 0 fully saturated rings. The molecule has 0 bridgehead atoms. The monoisotopic (exact) mass is 350 g/mol. The molecule has 2 N–H and O–H groups in total. The van der Waals surface area contributed by atoms with Crippen molar-refractivity contribution in [3.8, 4) is 23.0 Å². The highest BCUT2D eigenvalue weighted by molar-refractivity contribution is 5.88. The lowest BCUT2D eigenvalue weighted by Gasteiger charge is -2.09. The normalized spacial score (nSPS) is 10.2. The van der Waals surface area contributed by atoms with Crippen molar-refractivity contribution in [2.45, 2.75) is 0 Å². The van der Waals surface area contributed by atoms with Gasteiger partial charge in [-0.25, -0.2) is 9.59 Å². The second-order valence-electron chi connectivity index (χ2n) is 5.34. The highest BCUT2D eigenvalue weighted by Gasteiger charge is 2.07. The summed E-state index contributed by atoms with van der Waals surface area (Å²) in [6, 6.07) is 19.0. The van der Waals surface area contributed by atoms with Gasteiger partial charge in [-0.2, -0.15) is 0 Å². The van der Waals surface area contributed by atoms with Crippen molar-refractivity contribution >= 4 is 11.9 Å². The summed E-state index contributed by atoms with van der Waals surface area (Å²) >= 11 is 0. The largest absolute Gasteiger partial charge is 0.478 e. The van der Waals surface area contributed by atoms with Crippen LogP contribution < -0.4 is 9.47 Å². The van der Waals surface area contributed by atoms with Crippen LogP contribution in [-0.4, -0.2) is 22.2 Å². The molecule has 0 saturated heterocycles. The van der Waals surface area contributed by atoms with E-state index in [0.29, 0.717) is 23.0 Å². The van der Waals surface area contributed by atoms with Crippen LogP contribution in [0.1, 0.15) is 20.7 Å². The summed E-state index contributed by atoms with van der Waals surface area (Å²) in [5.74, 6) is -0.204. The van der Waals surface area contributed by atoms with Gasteiger partial charge in [-0.15, -0.1) is 0 Å². The molecular weight excluding hydrogens is 336 g/mol. The number of carboxylic acids is 2. The second-order valence-corrected chi connectivity index (χ2v) is 5.34. The van der Waals surface area contributed by atoms with Crippen LogP contribution in [0.25, 0.3) is 0 Å². The molecule has 0 amide bonds. The summed E-state index contributed by atoms with van der Waals surface area (Å²) in [5.41, 5.74) is 0.279. The molecule has 3 rings (SSSR count). The Morgan fingerprint density at radius 3 is 1.31 bits per heavy atom. The number of rotatable bonds is 6. The van der Waals surface area contributed by atoms with Gasteiger partial charge in [0, 0.05) is 0 Å². The van der Waals surface area contributed by atoms with E-state index in [2.05, 4.69) is 0 Å². The van der Waals surface area contributed by atoms with Crippen molar-refractivity contribution in [3.05, 3.63) is 83.9 Å². The Kier molecular flexibility index (Phi) is 4.85. The Bertz CT molecular complexity index is 868. The third-order valence-electron chi connectivity index (χ3n) is 3.46. The molecule has 0 spiro atoms. The Morgan fingerprint density at radius 2 is 0.962 bits per heavy atom. The fraction of sp³-hybridized carbons (Fsp3) is 0. The highest BCUT2D eigenvalue weighted by atomic mass is 16.5. The summed E-state index contributed by atoms with van der Waals surface area (Å²) in [6.07, 6.45) is 0. The van der Waals surface area contributed by atoms with Gasteiger partial charge < -0.3 is 19.7 Å². The van der Waals surface area contributed by atoms with Gasteiger partial charge in [0.1, 0.15) is 23.0 Å². The lowest BCUT2D eigenvalue weighted by atomic mass is 10.2. The van der Waals surface area contributed by atoms with E-state index in [-0.39, 0.29) is 11.1 Å². The molecule has 3 aromatic rings. The summed E-state index contributed by atoms with van der Waals surface area (Å²) in [6.45, 7) is 0. The first kappa shape index (κ1) is 17.0. The zero-order valence-electron chi connectivity index (χ0n) is 13.5. The third-order valence-corrected chi connectivity index (χ3v) is 3.46. The van der Waals surface area contributed by atoms with E-state index in [4.69, 9.17) is 19.7 Å². The summed E-state index contributed by atoms with van der Waals surface area (Å²) < 4.78 is 11.3. The first-order valence-electron chi connectivity index (χ1n) is 7.64. The predicted molar refractivity (Wildman–Crippen MR) is 93.4 cm³/mol. The number of hydrogen-bond acceptors (Lipinski definition) is 4. The Balaban J connectivity index is 1.71. The molecule has 0 radical (unpaired) electrons. The summed E-state index contributed by atoms with van der Waals surface area (Å²) in [7, 11) is 0. The predicted octanol–water partition coefficient (Wildman–Crippen LogP) is 4.67. The van der Waals surface area contributed by atoms with Gasteiger partial charge in [-0.1, -0.05) is 12.1 Å². The molecule has 26 heavy (non-hydrogen) atoms. The molecule has 0 aliphatic carbocycles. The Hall–Kier alpha value is -3.80. The minimum Gasteiger partial charge on any atom is -0.478 e. The SMILES string of the molecule is O=C(O)c1cccc(Oc2ccc(Oc3cccc(C(=O)O)c3)cc2)c1. The summed E-state index contributed by atoms with van der Waals surface area (Å²) in [5, 5.41) is 18.0. The average Bonchev–Trinajstić information content (AvgIpc) is 2.64. The van der Waals surface area contributed by atoms with Crippen molar-refractivity contribution in [2.75, 3.05) is 0 Å². The van der Waals surface area contributed by atoms with E-state index in [0.717, 1.165) is 0 Å². The zero-order valence-corrected chi connectivity index (χ0v) is 13.5. The molecule has 0 heterocycles. The van der Waals surface area contributed by atoms with Crippen LogP contribution in [0, 0.1) is 0 Å². The van der Waals surface area contributed by atoms with E-state index in [1.54, 1.807) is 48.5 Å². The van der Waals surface area contributed by atoms with Gasteiger partial charge >= 0.3 is 11.9 Å². The molecule has 3 aromatic carbocycles. The minimum absolute atomic E-state index is 0.140. The molecule has 130 valence electrons. The number of carboxylic acid groups (broad SMARTS) is 2. The van der Waals surface area contributed by atoms with Crippen molar-refractivity contribution in [2.24, 2.45) is 0 Å². The Morgan fingerprint density at radius 1 is 0.577 bits per heavy atom. The third kappa shape index (κ3) is 4.18. The molecule has 0 saturated carbocycles. The van der Waals surface area contributed by atoms with Gasteiger partial charge in [0.15, 0.2) is 0 Å². The van der Waals surface area contributed by atoms with Gasteiger partial charge in [0.05, 0.1) is 11.1 Å². The topological polar surface area (TPSA) is 93.1 Å². The standard InChI is InChI=1S/C20H14O6/c21-19(22)13-3-1-5-17(11-13)25-15-7-9-16(10-8-15)26-18-6-2-4-14(12-18)20(23)24/h1-12H,(H,21,22)(H,23,24). The fourth-order valence-corrected chi connectivity index (χ4v) is 2.23. The summed E-state index contributed by atoms with van der Waals surface area (Å²) in [4.78, 5) is 22.0. The highest BCUT2D eigenvalue weighted by Crippen LogP contribution is 2.27. The number of hydrogen-bond donors (Lipinski definition) is 2. The van der Waals surface area contributed by atoms with Gasteiger partial charge in [0.25, 0.3) is 0 Å². The molecule has 0 atom stereocenters. The van der Waals surface area contributed by atoms with Crippen LogP contribution in [0.15, 0.2) is 72.8 Å². The van der Waals surface area contributed by atoms with Gasteiger partial charge in [0.2, 0.25) is 0 Å². The van der Waals surface area contributed by atoms with E-state index in [1.165, 1.54) is 24.3 Å². The molecule has 0 aliphatic rings. The van der Waals surface area contributed by atoms with Crippen LogP contribution in [0.3, 0.4) is 0 Å². The van der Waals surface area contributed by atoms with E-state index >= 15 is 0 Å². The number of ether oxygens (including phenoxy) is 2. The molecule has 6 heteroatoms. The van der Waals surface area contributed by atoms with Crippen LogP contribution in [0.2, 0.25) is 0 Å². The maximum atomic E-state index is 11.0. The zero-order chi connectivity index (χ0) is 18.5. The maximum absolute atomic E-state index is 11.0. The van der Waals surface area contributed by atoms with Crippen LogP contribution in [0.5, 0.6) is 23.0 Å². The molecule has 0 unspecified atom stereocenters. The number of carbonyl (C=O) groups is 2. The minimum atomic E-state index is -1.03. The first-order valence-corrected chi connectivity index (χ1v) is 7.64. The van der Waals surface area contributed by atoms with Crippen LogP contribution in [0.4, 0.5) is 0 Å². The molecular formula is C20H14O6. The fourth-order valence-electron chi connectivity index (χ4n) is 2.23. The van der Waals surface area contributed by atoms with Gasteiger partial charge in [-0.3, -0.25) is 0 Å². The lowest BCUT2D eigenvalue weighted by molar-refractivity contribution is 0.0686. The lowest BCUT2D eigenvalue weighted by Crippen LogP contribution is -1.96. The van der Waals surface area contributed by atoms with Gasteiger partial charge in [-0.05, 0) is 60.7 Å². The Labute approximate surface area is 148 Å². The van der Waals surface area contributed by atoms with E-state index in [1.807, 2.05) is 0 Å². The smallest absolute Gasteiger partial charge is 0.335 e. The van der Waals surface area contributed by atoms with Crippen molar-refractivity contribution in [1.29, 1.82) is 0 Å². The van der Waals surface area contributed by atoms with E-state index < -0.39 is 11.9 Å². The quantitative estimate of drug-likeness (QED) is 0.671. The van der Waals surface area contributed by atoms with Crippen molar-refractivity contribution in [1.82, 2.24) is 0 Å². The number of aromatic carboxylic acids is 2. The van der Waals surface area contributed by atoms with Crippen molar-refractivity contribution in [3.63, 3.8) is 0 Å². The van der Waals surface area contributed by atoms with Crippen LogP contribution >= 0.6 is 0 Å². The number of benzene rings is 3. The first-order chi connectivity index (χ1) is 12.5. The second kappa shape index (κ2) is 7.40. The molecule has 6 nitrogen and oxygen atoms in total.